The van der Waals surface area contributed by atoms with Crippen molar-refractivity contribution >= 4 is 31.6 Å². The third-order valence-corrected chi connectivity index (χ3v) is 6.67. The van der Waals surface area contributed by atoms with Gasteiger partial charge in [0, 0.05) is 17.6 Å². The Kier molecular flexibility index (Phi) is 3.35. The Morgan fingerprint density at radius 1 is 1.21 bits per heavy atom. The van der Waals surface area contributed by atoms with Crippen LogP contribution in [0, 0.1) is 11.8 Å². The summed E-state index contributed by atoms with van der Waals surface area (Å²) in [7, 11) is -3.46. The molecule has 4 nitrogen and oxygen atoms in total. The van der Waals surface area contributed by atoms with Crippen molar-refractivity contribution in [3.63, 3.8) is 0 Å². The Balaban J connectivity index is 1.93. The van der Waals surface area contributed by atoms with Crippen molar-refractivity contribution in [2.75, 3.05) is 18.8 Å². The molecule has 1 heterocycles. The predicted molar refractivity (Wildman–Crippen MR) is 78.1 cm³/mol. The van der Waals surface area contributed by atoms with Gasteiger partial charge in [-0.15, -0.1) is 0 Å². The van der Waals surface area contributed by atoms with Crippen LogP contribution in [0.25, 0.3) is 0 Å². The summed E-state index contributed by atoms with van der Waals surface area (Å²) in [5, 5.41) is 0. The first-order valence-corrected chi connectivity index (χ1v) is 8.77. The first-order chi connectivity index (χ1) is 8.98. The molecular formula is C13H17BrN2O2S. The van der Waals surface area contributed by atoms with Gasteiger partial charge in [0.05, 0.1) is 5.69 Å². The molecule has 2 fully saturated rings. The molecule has 0 amide bonds. The van der Waals surface area contributed by atoms with E-state index in [0.717, 1.165) is 17.3 Å². The van der Waals surface area contributed by atoms with Crippen LogP contribution in [0.3, 0.4) is 0 Å². The molecule has 1 aromatic carbocycles. The van der Waals surface area contributed by atoms with E-state index < -0.39 is 10.0 Å². The molecule has 0 spiro atoms. The van der Waals surface area contributed by atoms with Gasteiger partial charge in [-0.05, 0) is 42.9 Å². The molecule has 19 heavy (non-hydrogen) atoms. The van der Waals surface area contributed by atoms with Crippen LogP contribution >= 0.6 is 15.9 Å². The average molecular weight is 345 g/mol. The number of benzene rings is 1. The summed E-state index contributed by atoms with van der Waals surface area (Å²) in [6, 6.07) is 4.99. The molecule has 1 saturated carbocycles. The molecular weight excluding hydrogens is 328 g/mol. The van der Waals surface area contributed by atoms with E-state index in [1.54, 1.807) is 22.5 Å². The molecule has 2 aliphatic rings. The van der Waals surface area contributed by atoms with Crippen LogP contribution in [-0.2, 0) is 10.0 Å². The van der Waals surface area contributed by atoms with E-state index in [1.165, 1.54) is 6.42 Å². The number of hydrogen-bond donors (Lipinski definition) is 1. The van der Waals surface area contributed by atoms with Gasteiger partial charge in [0.25, 0.3) is 0 Å². The monoisotopic (exact) mass is 344 g/mol. The van der Waals surface area contributed by atoms with Gasteiger partial charge >= 0.3 is 0 Å². The van der Waals surface area contributed by atoms with E-state index in [4.69, 9.17) is 5.73 Å². The van der Waals surface area contributed by atoms with Gasteiger partial charge in [0.15, 0.2) is 0 Å². The molecule has 3 rings (SSSR count). The number of nitrogens with two attached hydrogens (primary N) is 1. The number of halogens is 1. The smallest absolute Gasteiger partial charge is 0.245 e. The Hall–Kier alpha value is -0.590. The van der Waals surface area contributed by atoms with Crippen molar-refractivity contribution in [3.05, 3.63) is 22.7 Å². The second-order valence-corrected chi connectivity index (χ2v) is 8.28. The zero-order valence-electron chi connectivity index (χ0n) is 10.5. The van der Waals surface area contributed by atoms with E-state index in [9.17, 15) is 8.42 Å². The van der Waals surface area contributed by atoms with Crippen LogP contribution in [0.1, 0.15) is 19.3 Å². The summed E-state index contributed by atoms with van der Waals surface area (Å²) >= 11 is 3.31. The summed E-state index contributed by atoms with van der Waals surface area (Å²) in [5.41, 5.74) is 6.15. The molecule has 2 unspecified atom stereocenters. The van der Waals surface area contributed by atoms with E-state index in [-0.39, 0.29) is 4.90 Å². The van der Waals surface area contributed by atoms with Crippen LogP contribution in [0.4, 0.5) is 5.69 Å². The lowest BCUT2D eigenvalue weighted by Gasteiger charge is -2.18. The molecule has 104 valence electrons. The molecule has 2 N–H and O–H groups in total. The van der Waals surface area contributed by atoms with E-state index >= 15 is 0 Å². The summed E-state index contributed by atoms with van der Waals surface area (Å²) < 4.78 is 27.7. The highest BCUT2D eigenvalue weighted by atomic mass is 79.9. The molecule has 6 heteroatoms. The highest BCUT2D eigenvalue weighted by Crippen LogP contribution is 2.40. The quantitative estimate of drug-likeness (QED) is 0.838. The minimum Gasteiger partial charge on any atom is -0.398 e. The molecule has 0 radical (unpaired) electrons. The minimum absolute atomic E-state index is 0.224. The molecule has 1 saturated heterocycles. The molecule has 0 bridgehead atoms. The number of nitrogens with zero attached hydrogens (tertiary/aromatic N) is 1. The fraction of sp³-hybridized carbons (Fsp3) is 0.538. The Morgan fingerprint density at radius 3 is 2.47 bits per heavy atom. The number of hydrogen-bond acceptors (Lipinski definition) is 3. The summed E-state index contributed by atoms with van der Waals surface area (Å²) in [6.45, 7) is 1.30. The van der Waals surface area contributed by atoms with Crippen LogP contribution in [0.2, 0.25) is 0 Å². The van der Waals surface area contributed by atoms with Gasteiger partial charge in [0.2, 0.25) is 10.0 Å². The van der Waals surface area contributed by atoms with Crippen LogP contribution in [-0.4, -0.2) is 25.8 Å². The Labute approximate surface area is 122 Å². The van der Waals surface area contributed by atoms with Crippen molar-refractivity contribution in [1.82, 2.24) is 4.31 Å². The maximum Gasteiger partial charge on any atom is 0.245 e. The molecule has 1 aliphatic heterocycles. The molecule has 2 atom stereocenters. The Bertz CT molecular complexity index is 591. The fourth-order valence-corrected chi connectivity index (χ4v) is 5.47. The highest BCUT2D eigenvalue weighted by molar-refractivity contribution is 9.10. The van der Waals surface area contributed by atoms with Crippen LogP contribution < -0.4 is 5.73 Å². The summed E-state index contributed by atoms with van der Waals surface area (Å²) in [4.78, 5) is 0.224. The van der Waals surface area contributed by atoms with Crippen LogP contribution in [0.15, 0.2) is 27.6 Å². The maximum absolute atomic E-state index is 12.7. The van der Waals surface area contributed by atoms with E-state index in [0.29, 0.717) is 30.6 Å². The first-order valence-electron chi connectivity index (χ1n) is 6.53. The van der Waals surface area contributed by atoms with Gasteiger partial charge in [-0.2, -0.15) is 4.31 Å². The van der Waals surface area contributed by atoms with Gasteiger partial charge in [-0.1, -0.05) is 22.4 Å². The van der Waals surface area contributed by atoms with E-state index in [2.05, 4.69) is 15.9 Å². The number of sulfonamides is 1. The lowest BCUT2D eigenvalue weighted by atomic mass is 10.0. The summed E-state index contributed by atoms with van der Waals surface area (Å²) in [5.74, 6) is 1.09. The number of anilines is 1. The third-order valence-electron chi connectivity index (χ3n) is 4.29. The fourth-order valence-electron chi connectivity index (χ4n) is 3.26. The average Bonchev–Trinajstić information content (AvgIpc) is 2.92. The van der Waals surface area contributed by atoms with Crippen molar-refractivity contribution in [2.24, 2.45) is 11.8 Å². The maximum atomic E-state index is 12.7. The SMILES string of the molecule is Nc1ccc(Br)cc1S(=O)(=O)N1CC2CCCC2C1. The predicted octanol–water partition coefficient (Wildman–Crippen LogP) is 2.45. The van der Waals surface area contributed by atoms with Gasteiger partial charge < -0.3 is 5.73 Å². The molecule has 1 aliphatic carbocycles. The lowest BCUT2D eigenvalue weighted by Crippen LogP contribution is -2.30. The number of fused-ring (bicyclic) bond motifs is 1. The zero-order valence-corrected chi connectivity index (χ0v) is 13.0. The highest BCUT2D eigenvalue weighted by Gasteiger charge is 2.41. The number of nitrogen functional groups attached to an aromatic ring is 1. The normalized spacial score (nSPS) is 27.6. The zero-order chi connectivity index (χ0) is 13.6. The van der Waals surface area contributed by atoms with Crippen LogP contribution in [0.5, 0.6) is 0 Å². The second-order valence-electron chi connectivity index (χ2n) is 5.46. The Morgan fingerprint density at radius 2 is 1.84 bits per heavy atom. The topological polar surface area (TPSA) is 63.4 Å². The molecule has 1 aromatic rings. The van der Waals surface area contributed by atoms with Crippen molar-refractivity contribution < 1.29 is 8.42 Å². The van der Waals surface area contributed by atoms with Crippen molar-refractivity contribution in [2.45, 2.75) is 24.2 Å². The van der Waals surface area contributed by atoms with Gasteiger partial charge in [-0.3, -0.25) is 0 Å². The lowest BCUT2D eigenvalue weighted by molar-refractivity contribution is 0.446. The number of rotatable bonds is 2. The van der Waals surface area contributed by atoms with Gasteiger partial charge in [-0.25, -0.2) is 8.42 Å². The molecule has 0 aromatic heterocycles. The largest absolute Gasteiger partial charge is 0.398 e. The van der Waals surface area contributed by atoms with Gasteiger partial charge in [0.1, 0.15) is 4.90 Å². The minimum atomic E-state index is -3.46. The van der Waals surface area contributed by atoms with Crippen molar-refractivity contribution in [1.29, 1.82) is 0 Å². The van der Waals surface area contributed by atoms with E-state index in [1.807, 2.05) is 0 Å². The summed E-state index contributed by atoms with van der Waals surface area (Å²) in [6.07, 6.45) is 3.55. The van der Waals surface area contributed by atoms with Crippen molar-refractivity contribution in [3.8, 4) is 0 Å². The second kappa shape index (κ2) is 4.75. The third kappa shape index (κ3) is 2.30. The standard InChI is InChI=1S/C13H17BrN2O2S/c14-11-4-5-12(15)13(6-11)19(17,18)16-7-9-2-1-3-10(9)8-16/h4-6,9-10H,1-3,7-8,15H2. The first kappa shape index (κ1) is 13.4.